The van der Waals surface area contributed by atoms with Crippen LogP contribution in [-0.2, 0) is 6.54 Å². The van der Waals surface area contributed by atoms with E-state index in [1.807, 2.05) is 23.1 Å². The second-order valence-corrected chi connectivity index (χ2v) is 5.99. The van der Waals surface area contributed by atoms with E-state index in [1.165, 1.54) is 0 Å². The lowest BCUT2D eigenvalue weighted by Gasteiger charge is -2.35. The van der Waals surface area contributed by atoms with Crippen LogP contribution in [-0.4, -0.2) is 39.7 Å². The van der Waals surface area contributed by atoms with Gasteiger partial charge in [0.25, 0.3) is 5.91 Å². The Morgan fingerprint density at radius 3 is 2.91 bits per heavy atom. The lowest BCUT2D eigenvalue weighted by atomic mass is 9.99. The minimum atomic E-state index is 0.108. The maximum Gasteiger partial charge on any atom is 0.270 e. The number of aliphatic hydroxyl groups is 1. The quantitative estimate of drug-likeness (QED) is 0.943. The third kappa shape index (κ3) is 2.63. The summed E-state index contributed by atoms with van der Waals surface area (Å²) in [6.07, 6.45) is 3.88. The Morgan fingerprint density at radius 2 is 2.14 bits per heavy atom. The molecule has 0 saturated carbocycles. The lowest BCUT2D eigenvalue weighted by molar-refractivity contribution is 0.0564. The Hall–Kier alpha value is -1.81. The predicted octanol–water partition coefficient (Wildman–Crippen LogP) is 3.04. The minimum absolute atomic E-state index is 0.108. The van der Waals surface area contributed by atoms with Gasteiger partial charge < -0.3 is 14.6 Å². The van der Waals surface area contributed by atoms with Crippen molar-refractivity contribution in [3.8, 4) is 0 Å². The summed E-state index contributed by atoms with van der Waals surface area (Å²) in [5.41, 5.74) is 1.89. The summed E-state index contributed by atoms with van der Waals surface area (Å²) in [4.78, 5) is 15.0. The third-order valence-corrected chi connectivity index (χ3v) is 4.70. The normalized spacial score (nSPS) is 18.8. The molecule has 3 rings (SSSR count). The molecule has 1 aliphatic rings. The van der Waals surface area contributed by atoms with Crippen molar-refractivity contribution in [2.24, 2.45) is 0 Å². The molecule has 2 aromatic rings. The maximum absolute atomic E-state index is 13.1. The smallest absolute Gasteiger partial charge is 0.270 e. The highest BCUT2D eigenvalue weighted by molar-refractivity contribution is 5.99. The second-order valence-electron chi connectivity index (χ2n) is 5.99. The summed E-state index contributed by atoms with van der Waals surface area (Å²) in [5.74, 6) is 0.108. The van der Waals surface area contributed by atoms with Gasteiger partial charge in [0.2, 0.25) is 0 Å². The van der Waals surface area contributed by atoms with Crippen molar-refractivity contribution < 1.29 is 9.90 Å². The van der Waals surface area contributed by atoms with Gasteiger partial charge in [-0.15, -0.1) is 0 Å². The Bertz CT molecular complexity index is 660. The first-order chi connectivity index (χ1) is 10.8. The highest BCUT2D eigenvalue weighted by atomic mass is 16.3. The molecule has 0 spiro atoms. The van der Waals surface area contributed by atoms with E-state index in [1.54, 1.807) is 0 Å². The van der Waals surface area contributed by atoms with Gasteiger partial charge in [0, 0.05) is 36.6 Å². The third-order valence-electron chi connectivity index (χ3n) is 4.70. The average molecular weight is 300 g/mol. The molecule has 0 aliphatic carbocycles. The number of hydrogen-bond acceptors (Lipinski definition) is 2. The van der Waals surface area contributed by atoms with Crippen LogP contribution in [0.3, 0.4) is 0 Å². The summed E-state index contributed by atoms with van der Waals surface area (Å²) in [6, 6.07) is 10.3. The molecule has 4 heteroatoms. The van der Waals surface area contributed by atoms with Crippen LogP contribution >= 0.6 is 0 Å². The molecule has 1 aromatic heterocycles. The molecule has 1 amide bonds. The van der Waals surface area contributed by atoms with Crippen molar-refractivity contribution in [1.82, 2.24) is 9.47 Å². The first-order valence-electron chi connectivity index (χ1n) is 8.26. The Morgan fingerprint density at radius 1 is 1.32 bits per heavy atom. The van der Waals surface area contributed by atoms with Crippen molar-refractivity contribution in [1.29, 1.82) is 0 Å². The molecule has 1 N–H and O–H groups in total. The molecule has 1 unspecified atom stereocenters. The van der Waals surface area contributed by atoms with Crippen LogP contribution in [0.1, 0.15) is 43.1 Å². The van der Waals surface area contributed by atoms with E-state index in [4.69, 9.17) is 0 Å². The summed E-state index contributed by atoms with van der Waals surface area (Å²) >= 11 is 0. The molecule has 1 saturated heterocycles. The van der Waals surface area contributed by atoms with Gasteiger partial charge in [0.1, 0.15) is 5.69 Å². The van der Waals surface area contributed by atoms with Crippen LogP contribution in [0.4, 0.5) is 0 Å². The SMILES string of the molecule is CCn1c(C(=O)N2CCCCC2CCO)cc2ccccc21. The van der Waals surface area contributed by atoms with E-state index in [0.717, 1.165) is 48.9 Å². The maximum atomic E-state index is 13.1. The number of aryl methyl sites for hydroxylation is 1. The highest BCUT2D eigenvalue weighted by Gasteiger charge is 2.29. The fourth-order valence-electron chi connectivity index (χ4n) is 3.59. The van der Waals surface area contributed by atoms with Crippen molar-refractivity contribution in [2.75, 3.05) is 13.2 Å². The van der Waals surface area contributed by atoms with E-state index in [-0.39, 0.29) is 18.6 Å². The molecule has 1 atom stereocenters. The van der Waals surface area contributed by atoms with Crippen molar-refractivity contribution in [3.05, 3.63) is 36.0 Å². The molecule has 1 fully saturated rings. The number of aromatic nitrogens is 1. The van der Waals surface area contributed by atoms with Gasteiger partial charge in [-0.05, 0) is 44.7 Å². The number of carbonyl (C=O) groups excluding carboxylic acids is 1. The van der Waals surface area contributed by atoms with Crippen LogP contribution in [0, 0.1) is 0 Å². The zero-order valence-corrected chi connectivity index (χ0v) is 13.2. The van der Waals surface area contributed by atoms with Gasteiger partial charge in [0.15, 0.2) is 0 Å². The number of fused-ring (bicyclic) bond motifs is 1. The van der Waals surface area contributed by atoms with E-state index < -0.39 is 0 Å². The van der Waals surface area contributed by atoms with Gasteiger partial charge in [-0.25, -0.2) is 0 Å². The number of aliphatic hydroxyl groups excluding tert-OH is 1. The number of amides is 1. The minimum Gasteiger partial charge on any atom is -0.396 e. The van der Waals surface area contributed by atoms with Gasteiger partial charge in [-0.3, -0.25) is 4.79 Å². The largest absolute Gasteiger partial charge is 0.396 e. The zero-order valence-electron chi connectivity index (χ0n) is 13.2. The summed E-state index contributed by atoms with van der Waals surface area (Å²) in [6.45, 7) is 3.80. The molecular formula is C18H24N2O2. The summed E-state index contributed by atoms with van der Waals surface area (Å²) in [7, 11) is 0. The fraction of sp³-hybridized carbons (Fsp3) is 0.500. The van der Waals surface area contributed by atoms with Crippen LogP contribution in [0.25, 0.3) is 10.9 Å². The monoisotopic (exact) mass is 300 g/mol. The van der Waals surface area contributed by atoms with Crippen LogP contribution < -0.4 is 0 Å². The van der Waals surface area contributed by atoms with Gasteiger partial charge >= 0.3 is 0 Å². The predicted molar refractivity (Wildman–Crippen MR) is 88.0 cm³/mol. The fourth-order valence-corrected chi connectivity index (χ4v) is 3.59. The number of piperidine rings is 1. The van der Waals surface area contributed by atoms with E-state index >= 15 is 0 Å². The number of benzene rings is 1. The second kappa shape index (κ2) is 6.53. The van der Waals surface area contributed by atoms with E-state index in [0.29, 0.717) is 6.42 Å². The standard InChI is InChI=1S/C18H24N2O2/c1-2-19-16-9-4-3-7-14(16)13-17(19)18(22)20-11-6-5-8-15(20)10-12-21/h3-4,7,9,13,15,21H,2,5-6,8,10-12H2,1H3. The molecule has 22 heavy (non-hydrogen) atoms. The molecule has 2 heterocycles. The number of rotatable bonds is 4. The Kier molecular flexibility index (Phi) is 4.48. The molecule has 4 nitrogen and oxygen atoms in total. The van der Waals surface area contributed by atoms with E-state index in [9.17, 15) is 9.90 Å². The highest BCUT2D eigenvalue weighted by Crippen LogP contribution is 2.25. The van der Waals surface area contributed by atoms with Crippen molar-refractivity contribution in [2.45, 2.75) is 45.2 Å². The Balaban J connectivity index is 1.97. The van der Waals surface area contributed by atoms with Gasteiger partial charge in [-0.2, -0.15) is 0 Å². The molecule has 1 aliphatic heterocycles. The molecule has 0 radical (unpaired) electrons. The van der Waals surface area contributed by atoms with Crippen LogP contribution in [0.5, 0.6) is 0 Å². The molecular weight excluding hydrogens is 276 g/mol. The summed E-state index contributed by atoms with van der Waals surface area (Å²) < 4.78 is 2.10. The molecule has 118 valence electrons. The number of hydrogen-bond donors (Lipinski definition) is 1. The zero-order chi connectivity index (χ0) is 15.5. The van der Waals surface area contributed by atoms with Crippen LogP contribution in [0.2, 0.25) is 0 Å². The molecule has 0 bridgehead atoms. The van der Waals surface area contributed by atoms with Crippen molar-refractivity contribution >= 4 is 16.8 Å². The van der Waals surface area contributed by atoms with E-state index in [2.05, 4.69) is 23.6 Å². The first kappa shape index (κ1) is 15.1. The van der Waals surface area contributed by atoms with Crippen molar-refractivity contribution in [3.63, 3.8) is 0 Å². The first-order valence-corrected chi connectivity index (χ1v) is 8.26. The number of nitrogens with zero attached hydrogens (tertiary/aromatic N) is 2. The molecule has 1 aromatic carbocycles. The Labute approximate surface area is 131 Å². The number of para-hydroxylation sites is 1. The topological polar surface area (TPSA) is 45.5 Å². The number of likely N-dealkylation sites (tertiary alicyclic amines) is 1. The van der Waals surface area contributed by atoms with Gasteiger partial charge in [0.05, 0.1) is 0 Å². The average Bonchev–Trinajstić information content (AvgIpc) is 2.93. The van der Waals surface area contributed by atoms with Crippen LogP contribution in [0.15, 0.2) is 30.3 Å². The lowest BCUT2D eigenvalue weighted by Crippen LogP contribution is -2.44. The number of carbonyl (C=O) groups is 1. The summed E-state index contributed by atoms with van der Waals surface area (Å²) in [5, 5.41) is 10.4. The van der Waals surface area contributed by atoms with Gasteiger partial charge in [-0.1, -0.05) is 18.2 Å².